The van der Waals surface area contributed by atoms with Gasteiger partial charge in [0.25, 0.3) is 0 Å². The van der Waals surface area contributed by atoms with Crippen LogP contribution >= 0.6 is 0 Å². The van der Waals surface area contributed by atoms with Crippen LogP contribution in [0.1, 0.15) is 11.4 Å². The normalized spacial score (nSPS) is 9.84. The second kappa shape index (κ2) is 5.98. The molecule has 2 N–H and O–H groups in total. The summed E-state index contributed by atoms with van der Waals surface area (Å²) in [7, 11) is 1.77. The SMILES string of the molecule is Cn1ncnc1COc1ccc(F)cc1C#CCN. The van der Waals surface area contributed by atoms with E-state index in [0.717, 1.165) is 0 Å². The van der Waals surface area contributed by atoms with Gasteiger partial charge in [0.05, 0.1) is 12.1 Å². The van der Waals surface area contributed by atoms with Gasteiger partial charge in [0, 0.05) is 7.05 Å². The van der Waals surface area contributed by atoms with Crippen molar-refractivity contribution in [2.24, 2.45) is 12.8 Å². The minimum atomic E-state index is -0.368. The zero-order chi connectivity index (χ0) is 13.7. The topological polar surface area (TPSA) is 66.0 Å². The molecule has 0 fully saturated rings. The lowest BCUT2D eigenvalue weighted by molar-refractivity contribution is 0.288. The molecule has 0 aliphatic rings. The van der Waals surface area contributed by atoms with Crippen molar-refractivity contribution in [1.29, 1.82) is 0 Å². The second-order valence-electron chi connectivity index (χ2n) is 3.73. The summed E-state index contributed by atoms with van der Waals surface area (Å²) >= 11 is 0. The van der Waals surface area contributed by atoms with E-state index >= 15 is 0 Å². The predicted molar refractivity (Wildman–Crippen MR) is 67.7 cm³/mol. The number of aryl methyl sites for hydroxylation is 1. The van der Waals surface area contributed by atoms with Gasteiger partial charge in [-0.2, -0.15) is 5.10 Å². The number of ether oxygens (including phenoxy) is 1. The smallest absolute Gasteiger partial charge is 0.164 e. The van der Waals surface area contributed by atoms with E-state index < -0.39 is 0 Å². The molecule has 6 heteroatoms. The van der Waals surface area contributed by atoms with Crippen molar-refractivity contribution in [3.8, 4) is 17.6 Å². The third-order valence-corrected chi connectivity index (χ3v) is 2.43. The van der Waals surface area contributed by atoms with Crippen molar-refractivity contribution in [2.75, 3.05) is 6.54 Å². The van der Waals surface area contributed by atoms with Crippen LogP contribution in [0.25, 0.3) is 0 Å². The fourth-order valence-corrected chi connectivity index (χ4v) is 1.47. The maximum absolute atomic E-state index is 13.2. The van der Waals surface area contributed by atoms with Crippen LogP contribution in [0.15, 0.2) is 24.5 Å². The van der Waals surface area contributed by atoms with Crippen LogP contribution in [-0.4, -0.2) is 21.3 Å². The number of nitrogens with zero attached hydrogens (tertiary/aromatic N) is 3. The lowest BCUT2D eigenvalue weighted by Crippen LogP contribution is -2.05. The molecule has 2 aromatic rings. The number of benzene rings is 1. The Morgan fingerprint density at radius 1 is 1.47 bits per heavy atom. The monoisotopic (exact) mass is 260 g/mol. The standard InChI is InChI=1S/C13H13FN4O/c1-18-13(16-9-17-18)8-19-12-5-4-11(14)7-10(12)3-2-6-15/h4-5,7,9H,6,8,15H2,1H3. The molecule has 0 saturated carbocycles. The molecule has 0 unspecified atom stereocenters. The summed E-state index contributed by atoms with van der Waals surface area (Å²) in [6.45, 7) is 0.443. The van der Waals surface area contributed by atoms with Crippen molar-refractivity contribution in [3.05, 3.63) is 41.7 Å². The fourth-order valence-electron chi connectivity index (χ4n) is 1.47. The van der Waals surface area contributed by atoms with E-state index in [-0.39, 0.29) is 19.0 Å². The van der Waals surface area contributed by atoms with Crippen LogP contribution in [0.2, 0.25) is 0 Å². The third-order valence-electron chi connectivity index (χ3n) is 2.43. The molecule has 0 aliphatic heterocycles. The van der Waals surface area contributed by atoms with Crippen LogP contribution in [0.3, 0.4) is 0 Å². The molecule has 0 spiro atoms. The molecule has 0 amide bonds. The molecular formula is C13H13FN4O. The van der Waals surface area contributed by atoms with Gasteiger partial charge in [-0.15, -0.1) is 0 Å². The summed E-state index contributed by atoms with van der Waals surface area (Å²) in [6, 6.07) is 4.17. The molecule has 1 heterocycles. The zero-order valence-corrected chi connectivity index (χ0v) is 10.4. The Labute approximate surface area is 110 Å². The summed E-state index contributed by atoms with van der Waals surface area (Å²) in [6.07, 6.45) is 1.44. The first kappa shape index (κ1) is 13.1. The Morgan fingerprint density at radius 3 is 3.00 bits per heavy atom. The Bertz CT molecular complexity index is 627. The maximum atomic E-state index is 13.2. The average Bonchev–Trinajstić information content (AvgIpc) is 2.81. The minimum absolute atomic E-state index is 0.208. The average molecular weight is 260 g/mol. The highest BCUT2D eigenvalue weighted by molar-refractivity contribution is 5.46. The lowest BCUT2D eigenvalue weighted by atomic mass is 10.2. The van der Waals surface area contributed by atoms with Crippen molar-refractivity contribution in [1.82, 2.24) is 14.8 Å². The zero-order valence-electron chi connectivity index (χ0n) is 10.4. The molecule has 0 atom stereocenters. The first-order chi connectivity index (χ1) is 9.20. The molecule has 0 bridgehead atoms. The van der Waals surface area contributed by atoms with E-state index in [9.17, 15) is 4.39 Å². The highest BCUT2D eigenvalue weighted by Crippen LogP contribution is 2.19. The molecular weight excluding hydrogens is 247 g/mol. The van der Waals surface area contributed by atoms with Gasteiger partial charge in [-0.1, -0.05) is 11.8 Å². The van der Waals surface area contributed by atoms with Crippen molar-refractivity contribution < 1.29 is 9.13 Å². The summed E-state index contributed by atoms with van der Waals surface area (Å²) in [4.78, 5) is 4.04. The second-order valence-corrected chi connectivity index (χ2v) is 3.73. The molecule has 98 valence electrons. The third kappa shape index (κ3) is 3.30. The summed E-state index contributed by atoms with van der Waals surface area (Å²) in [5.74, 6) is 6.24. The molecule has 0 radical (unpaired) electrons. The van der Waals surface area contributed by atoms with Gasteiger partial charge in [0.15, 0.2) is 5.82 Å². The van der Waals surface area contributed by atoms with E-state index in [2.05, 4.69) is 21.9 Å². The van der Waals surface area contributed by atoms with Crippen LogP contribution in [0, 0.1) is 17.7 Å². The molecule has 2 rings (SSSR count). The van der Waals surface area contributed by atoms with E-state index in [4.69, 9.17) is 10.5 Å². The number of halogens is 1. The van der Waals surface area contributed by atoms with Gasteiger partial charge in [0.1, 0.15) is 24.5 Å². The first-order valence-corrected chi connectivity index (χ1v) is 5.65. The maximum Gasteiger partial charge on any atom is 0.164 e. The highest BCUT2D eigenvalue weighted by atomic mass is 19.1. The first-order valence-electron chi connectivity index (χ1n) is 5.65. The Hall–Kier alpha value is -2.39. The van der Waals surface area contributed by atoms with Gasteiger partial charge in [-0.25, -0.2) is 9.37 Å². The van der Waals surface area contributed by atoms with Crippen molar-refractivity contribution >= 4 is 0 Å². The van der Waals surface area contributed by atoms with Crippen LogP contribution in [0.5, 0.6) is 5.75 Å². The molecule has 1 aromatic carbocycles. The van der Waals surface area contributed by atoms with Crippen LogP contribution in [0.4, 0.5) is 4.39 Å². The van der Waals surface area contributed by atoms with Gasteiger partial charge < -0.3 is 10.5 Å². The van der Waals surface area contributed by atoms with Crippen LogP contribution < -0.4 is 10.5 Å². The van der Waals surface area contributed by atoms with E-state index in [1.54, 1.807) is 11.7 Å². The lowest BCUT2D eigenvalue weighted by Gasteiger charge is -2.07. The fraction of sp³-hybridized carbons (Fsp3) is 0.231. The minimum Gasteiger partial charge on any atom is -0.484 e. The Kier molecular flexibility index (Phi) is 4.11. The number of rotatable bonds is 3. The largest absolute Gasteiger partial charge is 0.484 e. The molecule has 0 aliphatic carbocycles. The van der Waals surface area contributed by atoms with Gasteiger partial charge in [-0.05, 0) is 18.2 Å². The summed E-state index contributed by atoms with van der Waals surface area (Å²) < 4.78 is 20.4. The summed E-state index contributed by atoms with van der Waals surface area (Å²) in [5.41, 5.74) is 5.77. The quantitative estimate of drug-likeness (QED) is 0.831. The number of nitrogens with two attached hydrogens (primary N) is 1. The predicted octanol–water partition coefficient (Wildman–Crippen LogP) is 0.843. The molecule has 1 aromatic heterocycles. The molecule has 5 nitrogen and oxygen atoms in total. The van der Waals surface area contributed by atoms with Crippen molar-refractivity contribution in [2.45, 2.75) is 6.61 Å². The number of hydrogen-bond acceptors (Lipinski definition) is 4. The van der Waals surface area contributed by atoms with E-state index in [0.29, 0.717) is 17.1 Å². The molecule has 0 saturated heterocycles. The highest BCUT2D eigenvalue weighted by Gasteiger charge is 2.06. The van der Waals surface area contributed by atoms with E-state index in [1.807, 2.05) is 0 Å². The Morgan fingerprint density at radius 2 is 2.32 bits per heavy atom. The van der Waals surface area contributed by atoms with Gasteiger partial charge in [-0.3, -0.25) is 4.68 Å². The Balaban J connectivity index is 2.17. The number of hydrogen-bond donors (Lipinski definition) is 1. The van der Waals surface area contributed by atoms with Gasteiger partial charge in [0.2, 0.25) is 0 Å². The summed E-state index contributed by atoms with van der Waals surface area (Å²) in [5, 5.41) is 3.94. The van der Waals surface area contributed by atoms with Gasteiger partial charge >= 0.3 is 0 Å². The molecule has 19 heavy (non-hydrogen) atoms. The number of aromatic nitrogens is 3. The van der Waals surface area contributed by atoms with Crippen molar-refractivity contribution in [3.63, 3.8) is 0 Å². The van der Waals surface area contributed by atoms with Crippen LogP contribution in [-0.2, 0) is 13.7 Å². The van der Waals surface area contributed by atoms with E-state index in [1.165, 1.54) is 24.5 Å².